The molecule has 0 saturated carbocycles. The van der Waals surface area contributed by atoms with E-state index < -0.39 is 6.14 Å². The van der Waals surface area contributed by atoms with E-state index >= 15 is 0 Å². The van der Waals surface area contributed by atoms with E-state index in [4.69, 9.17) is 11.6 Å². The molecule has 1 aromatic carbocycles. The van der Waals surface area contributed by atoms with Crippen LogP contribution < -0.4 is 0 Å². The van der Waals surface area contributed by atoms with Gasteiger partial charge in [-0.05, 0) is 12.1 Å². The summed E-state index contributed by atoms with van der Waals surface area (Å²) in [6.07, 6.45) is -0.831. The van der Waals surface area contributed by atoms with Crippen LogP contribution in [0.1, 0.15) is 0 Å². The summed E-state index contributed by atoms with van der Waals surface area (Å²) < 4.78 is 16.9. The highest BCUT2D eigenvalue weighted by Crippen LogP contribution is 2.18. The highest BCUT2D eigenvalue weighted by atomic mass is 35.5. The zero-order valence-corrected chi connectivity index (χ0v) is 6.10. The number of hydrogen-bond acceptors (Lipinski definition) is 2. The van der Waals surface area contributed by atoms with Crippen LogP contribution in [0, 0.1) is 6.14 Å². The molecule has 0 unspecified atom stereocenters. The van der Waals surface area contributed by atoms with Crippen molar-refractivity contribution in [1.82, 2.24) is 4.98 Å². The maximum absolute atomic E-state index is 12.3. The van der Waals surface area contributed by atoms with Crippen LogP contribution in [0.15, 0.2) is 22.6 Å². The first kappa shape index (κ1) is 6.61. The van der Waals surface area contributed by atoms with E-state index in [0.717, 1.165) is 0 Å². The molecular weight excluding hydrogens is 169 g/mol. The molecule has 0 bridgehead atoms. The molecule has 1 aromatic heterocycles. The second-order valence-electron chi connectivity index (χ2n) is 2.08. The molecule has 56 valence electrons. The van der Waals surface area contributed by atoms with Gasteiger partial charge in [-0.2, -0.15) is 4.98 Å². The fourth-order valence-electron chi connectivity index (χ4n) is 0.870. The molecule has 0 aliphatic rings. The Morgan fingerprint density at radius 2 is 2.27 bits per heavy atom. The molecule has 4 heteroatoms. The number of oxazole rings is 1. The number of aromatic nitrogens is 1. The Kier molecular flexibility index (Phi) is 1.32. The van der Waals surface area contributed by atoms with Crippen molar-refractivity contribution < 1.29 is 8.81 Å². The number of nitrogens with zero attached hydrogens (tertiary/aromatic N) is 1. The van der Waals surface area contributed by atoms with Crippen LogP contribution in [0.25, 0.3) is 11.1 Å². The van der Waals surface area contributed by atoms with Crippen LogP contribution >= 0.6 is 11.6 Å². The lowest BCUT2D eigenvalue weighted by Gasteiger charge is -1.85. The molecule has 0 aliphatic heterocycles. The predicted octanol–water partition coefficient (Wildman–Crippen LogP) is 2.62. The van der Waals surface area contributed by atoms with Gasteiger partial charge in [0.2, 0.25) is 0 Å². The van der Waals surface area contributed by atoms with Crippen molar-refractivity contribution in [2.45, 2.75) is 0 Å². The van der Waals surface area contributed by atoms with Gasteiger partial charge >= 0.3 is 6.14 Å². The van der Waals surface area contributed by atoms with E-state index in [-0.39, 0.29) is 0 Å². The van der Waals surface area contributed by atoms with Gasteiger partial charge in [-0.25, -0.2) is 0 Å². The molecule has 0 fully saturated rings. The van der Waals surface area contributed by atoms with Crippen molar-refractivity contribution in [2.24, 2.45) is 0 Å². The van der Waals surface area contributed by atoms with Crippen LogP contribution in [0.5, 0.6) is 0 Å². The molecule has 2 nitrogen and oxygen atoms in total. The maximum Gasteiger partial charge on any atom is 0.382 e. The van der Waals surface area contributed by atoms with Crippen LogP contribution in [0.4, 0.5) is 4.39 Å². The normalized spacial score (nSPS) is 10.7. The maximum atomic E-state index is 12.3. The zero-order valence-electron chi connectivity index (χ0n) is 5.34. The van der Waals surface area contributed by atoms with Crippen LogP contribution in [0.3, 0.4) is 0 Å². The van der Waals surface area contributed by atoms with E-state index in [0.29, 0.717) is 16.1 Å². The van der Waals surface area contributed by atoms with Gasteiger partial charge in [0.25, 0.3) is 0 Å². The smallest absolute Gasteiger partial charge is 0.382 e. The number of rotatable bonds is 0. The Hall–Kier alpha value is -1.09. The minimum atomic E-state index is -0.831. The first-order valence-electron chi connectivity index (χ1n) is 2.97. The molecular formula is C7H3ClFNO. The quantitative estimate of drug-likeness (QED) is 0.609. The standard InChI is InChI=1S/C7H3ClFNO/c8-4-1-2-5-6(3-4)11-7(9)10-5/h1-3H. The summed E-state index contributed by atoms with van der Waals surface area (Å²) in [7, 11) is 0. The van der Waals surface area contributed by atoms with Crippen molar-refractivity contribution in [3.8, 4) is 0 Å². The minimum Gasteiger partial charge on any atom is -0.415 e. The summed E-state index contributed by atoms with van der Waals surface area (Å²) >= 11 is 5.62. The van der Waals surface area contributed by atoms with Crippen molar-refractivity contribution >= 4 is 22.7 Å². The monoisotopic (exact) mass is 171 g/mol. The molecule has 0 atom stereocenters. The third-order valence-corrected chi connectivity index (χ3v) is 1.56. The first-order valence-corrected chi connectivity index (χ1v) is 3.35. The Balaban J connectivity index is 2.82. The molecule has 11 heavy (non-hydrogen) atoms. The third kappa shape index (κ3) is 1.07. The van der Waals surface area contributed by atoms with E-state index in [1.54, 1.807) is 12.1 Å². The van der Waals surface area contributed by atoms with Gasteiger partial charge in [0.05, 0.1) is 0 Å². The molecule has 1 heterocycles. The molecule has 0 spiro atoms. The van der Waals surface area contributed by atoms with Gasteiger partial charge in [0, 0.05) is 11.1 Å². The average molecular weight is 172 g/mol. The number of hydrogen-bond donors (Lipinski definition) is 0. The van der Waals surface area contributed by atoms with E-state index in [1.165, 1.54) is 6.07 Å². The summed E-state index contributed by atoms with van der Waals surface area (Å²) in [6.45, 7) is 0. The Morgan fingerprint density at radius 3 is 3.09 bits per heavy atom. The summed E-state index contributed by atoms with van der Waals surface area (Å²) in [5.74, 6) is 0. The van der Waals surface area contributed by atoms with Gasteiger partial charge in [-0.1, -0.05) is 11.6 Å². The Bertz CT molecular complexity index is 398. The number of halogens is 2. The SMILES string of the molecule is Fc1nc2ccc(Cl)cc2o1. The number of fused-ring (bicyclic) bond motifs is 1. The Labute approximate surface area is 66.6 Å². The van der Waals surface area contributed by atoms with Crippen LogP contribution in [0.2, 0.25) is 5.02 Å². The van der Waals surface area contributed by atoms with Crippen LogP contribution in [-0.2, 0) is 0 Å². The second-order valence-corrected chi connectivity index (χ2v) is 2.52. The predicted molar refractivity (Wildman–Crippen MR) is 39.0 cm³/mol. The lowest BCUT2D eigenvalue weighted by molar-refractivity contribution is 0.355. The fraction of sp³-hybridized carbons (Fsp3) is 0. The largest absolute Gasteiger partial charge is 0.415 e. The highest BCUT2D eigenvalue weighted by Gasteiger charge is 2.03. The molecule has 0 amide bonds. The lowest BCUT2D eigenvalue weighted by Crippen LogP contribution is -1.67. The Morgan fingerprint density at radius 1 is 1.45 bits per heavy atom. The van der Waals surface area contributed by atoms with Gasteiger partial charge in [0.1, 0.15) is 5.52 Å². The summed E-state index contributed by atoms with van der Waals surface area (Å²) in [5.41, 5.74) is 0.849. The van der Waals surface area contributed by atoms with Crippen molar-refractivity contribution in [1.29, 1.82) is 0 Å². The first-order chi connectivity index (χ1) is 5.25. The number of benzene rings is 1. The summed E-state index contributed by atoms with van der Waals surface area (Å²) in [5, 5.41) is 0.508. The van der Waals surface area contributed by atoms with Gasteiger partial charge in [-0.15, -0.1) is 4.39 Å². The highest BCUT2D eigenvalue weighted by molar-refractivity contribution is 6.31. The summed E-state index contributed by atoms with van der Waals surface area (Å²) in [4.78, 5) is 3.46. The molecule has 0 aliphatic carbocycles. The molecule has 2 aromatic rings. The van der Waals surface area contributed by atoms with Crippen molar-refractivity contribution in [3.05, 3.63) is 29.4 Å². The zero-order chi connectivity index (χ0) is 7.84. The topological polar surface area (TPSA) is 26.0 Å². The molecule has 0 N–H and O–H groups in total. The average Bonchev–Trinajstić information content (AvgIpc) is 2.27. The lowest BCUT2D eigenvalue weighted by atomic mass is 10.3. The van der Waals surface area contributed by atoms with E-state index in [9.17, 15) is 4.39 Å². The molecule has 0 saturated heterocycles. The third-order valence-electron chi connectivity index (χ3n) is 1.32. The van der Waals surface area contributed by atoms with Gasteiger partial charge in [0.15, 0.2) is 5.58 Å². The van der Waals surface area contributed by atoms with Crippen molar-refractivity contribution in [3.63, 3.8) is 0 Å². The second kappa shape index (κ2) is 2.20. The van der Waals surface area contributed by atoms with Gasteiger partial charge < -0.3 is 4.42 Å². The molecule has 0 radical (unpaired) electrons. The summed E-state index contributed by atoms with van der Waals surface area (Å²) in [6, 6.07) is 4.75. The van der Waals surface area contributed by atoms with E-state index in [1.807, 2.05) is 0 Å². The van der Waals surface area contributed by atoms with Crippen LogP contribution in [-0.4, -0.2) is 4.98 Å². The fourth-order valence-corrected chi connectivity index (χ4v) is 1.03. The molecule has 2 rings (SSSR count). The van der Waals surface area contributed by atoms with Crippen molar-refractivity contribution in [2.75, 3.05) is 0 Å². The van der Waals surface area contributed by atoms with E-state index in [2.05, 4.69) is 9.40 Å². The minimum absolute atomic E-state index is 0.370. The van der Waals surface area contributed by atoms with Gasteiger partial charge in [-0.3, -0.25) is 0 Å².